The normalized spacial score (nSPS) is 11.0. The Morgan fingerprint density at radius 2 is 1.53 bits per heavy atom. The summed E-state index contributed by atoms with van der Waals surface area (Å²) in [5.74, 6) is 0. The van der Waals surface area contributed by atoms with Crippen LogP contribution in [-0.4, -0.2) is 10.7 Å². The molecule has 0 bridgehead atoms. The van der Waals surface area contributed by atoms with Gasteiger partial charge in [0.1, 0.15) is 0 Å². The van der Waals surface area contributed by atoms with Gasteiger partial charge in [-0.2, -0.15) is 0 Å². The topological polar surface area (TPSA) is 17.0 Å². The lowest BCUT2D eigenvalue weighted by Gasteiger charge is -2.22. The minimum Gasteiger partial charge on any atom is -0.323 e. The number of rotatable bonds is 6. The molecule has 86 valence electrons. The zero-order valence-corrected chi connectivity index (χ0v) is 10.5. The SMILES string of the molecule is CCCC(CCC)Nn1c(C)ccc1C. The highest BCUT2D eigenvalue weighted by atomic mass is 15.4. The van der Waals surface area contributed by atoms with Crippen LogP contribution >= 0.6 is 0 Å². The van der Waals surface area contributed by atoms with Crippen LogP contribution in [0.15, 0.2) is 12.1 Å². The summed E-state index contributed by atoms with van der Waals surface area (Å²) in [5.41, 5.74) is 6.21. The maximum atomic E-state index is 3.61. The average Bonchev–Trinajstić information content (AvgIpc) is 2.50. The van der Waals surface area contributed by atoms with Gasteiger partial charge in [0.15, 0.2) is 0 Å². The number of nitrogens with one attached hydrogen (secondary N) is 1. The Balaban J connectivity index is 2.64. The third-order valence-electron chi connectivity index (χ3n) is 2.86. The molecule has 0 saturated heterocycles. The highest BCUT2D eigenvalue weighted by molar-refractivity contribution is 5.15. The Morgan fingerprint density at radius 1 is 1.07 bits per heavy atom. The van der Waals surface area contributed by atoms with Crippen molar-refractivity contribution >= 4 is 0 Å². The Labute approximate surface area is 93.7 Å². The summed E-state index contributed by atoms with van der Waals surface area (Å²) in [4.78, 5) is 0. The van der Waals surface area contributed by atoms with Gasteiger partial charge in [0.25, 0.3) is 0 Å². The van der Waals surface area contributed by atoms with Crippen LogP contribution in [0.2, 0.25) is 0 Å². The van der Waals surface area contributed by atoms with Crippen molar-refractivity contribution in [3.8, 4) is 0 Å². The van der Waals surface area contributed by atoms with Crippen molar-refractivity contribution in [2.24, 2.45) is 0 Å². The fourth-order valence-corrected chi connectivity index (χ4v) is 2.03. The average molecular weight is 208 g/mol. The molecule has 0 aliphatic rings. The Hall–Kier alpha value is -0.920. The van der Waals surface area contributed by atoms with Crippen molar-refractivity contribution in [3.05, 3.63) is 23.5 Å². The summed E-state index contributed by atoms with van der Waals surface area (Å²) >= 11 is 0. The van der Waals surface area contributed by atoms with Crippen molar-refractivity contribution in [2.75, 3.05) is 5.43 Å². The molecule has 0 fully saturated rings. The molecule has 0 aliphatic heterocycles. The van der Waals surface area contributed by atoms with Crippen LogP contribution < -0.4 is 5.43 Å². The largest absolute Gasteiger partial charge is 0.323 e. The van der Waals surface area contributed by atoms with Crippen molar-refractivity contribution in [2.45, 2.75) is 59.4 Å². The summed E-state index contributed by atoms with van der Waals surface area (Å²) in [6.07, 6.45) is 5.00. The van der Waals surface area contributed by atoms with E-state index in [-0.39, 0.29) is 0 Å². The van der Waals surface area contributed by atoms with E-state index in [2.05, 4.69) is 49.9 Å². The molecule has 0 radical (unpaired) electrons. The first-order chi connectivity index (χ1) is 7.19. The summed E-state index contributed by atoms with van der Waals surface area (Å²) < 4.78 is 2.22. The summed E-state index contributed by atoms with van der Waals surface area (Å²) in [7, 11) is 0. The fraction of sp³-hybridized carbons (Fsp3) is 0.692. The molecule has 0 aliphatic carbocycles. The number of hydrogen-bond acceptors (Lipinski definition) is 1. The second-order valence-corrected chi connectivity index (χ2v) is 4.35. The van der Waals surface area contributed by atoms with Crippen molar-refractivity contribution in [1.82, 2.24) is 4.68 Å². The van der Waals surface area contributed by atoms with Gasteiger partial charge in [-0.1, -0.05) is 26.7 Å². The lowest BCUT2D eigenvalue weighted by Crippen LogP contribution is -2.29. The Kier molecular flexibility index (Phi) is 4.73. The molecule has 0 unspecified atom stereocenters. The van der Waals surface area contributed by atoms with E-state index in [0.29, 0.717) is 6.04 Å². The minimum absolute atomic E-state index is 0.616. The molecule has 0 aromatic carbocycles. The molecular formula is C13H24N2. The molecule has 15 heavy (non-hydrogen) atoms. The molecule has 0 saturated carbocycles. The van der Waals surface area contributed by atoms with Crippen LogP contribution in [0.1, 0.15) is 50.9 Å². The van der Waals surface area contributed by atoms with Gasteiger partial charge in [0.2, 0.25) is 0 Å². The third-order valence-corrected chi connectivity index (χ3v) is 2.86. The van der Waals surface area contributed by atoms with Gasteiger partial charge in [-0.15, -0.1) is 0 Å². The van der Waals surface area contributed by atoms with Crippen LogP contribution in [0.25, 0.3) is 0 Å². The fourth-order valence-electron chi connectivity index (χ4n) is 2.03. The van der Waals surface area contributed by atoms with Crippen molar-refractivity contribution in [1.29, 1.82) is 0 Å². The zero-order chi connectivity index (χ0) is 11.3. The van der Waals surface area contributed by atoms with E-state index in [1.54, 1.807) is 0 Å². The molecular weight excluding hydrogens is 184 g/mol. The van der Waals surface area contributed by atoms with E-state index in [9.17, 15) is 0 Å². The highest BCUT2D eigenvalue weighted by Crippen LogP contribution is 2.10. The molecule has 0 atom stereocenters. The van der Waals surface area contributed by atoms with Crippen LogP contribution in [0, 0.1) is 13.8 Å². The smallest absolute Gasteiger partial charge is 0.0424 e. The van der Waals surface area contributed by atoms with E-state index in [1.807, 2.05) is 0 Å². The quantitative estimate of drug-likeness (QED) is 0.755. The standard InChI is InChI=1S/C13H24N2/c1-5-7-13(8-6-2)14-15-11(3)9-10-12(15)4/h9-10,13-14H,5-8H2,1-4H3. The second kappa shape index (κ2) is 5.84. The molecule has 2 heteroatoms. The minimum atomic E-state index is 0.616. The third kappa shape index (κ3) is 3.29. The Bertz CT molecular complexity index is 263. The highest BCUT2D eigenvalue weighted by Gasteiger charge is 2.08. The Morgan fingerprint density at radius 3 is 1.93 bits per heavy atom. The molecule has 1 rings (SSSR count). The molecule has 0 amide bonds. The molecule has 1 aromatic heterocycles. The first-order valence-corrected chi connectivity index (χ1v) is 6.10. The maximum absolute atomic E-state index is 3.61. The van der Waals surface area contributed by atoms with E-state index in [4.69, 9.17) is 0 Å². The lowest BCUT2D eigenvalue weighted by atomic mass is 10.1. The monoisotopic (exact) mass is 208 g/mol. The van der Waals surface area contributed by atoms with Gasteiger partial charge >= 0.3 is 0 Å². The van der Waals surface area contributed by atoms with Crippen LogP contribution in [0.3, 0.4) is 0 Å². The first kappa shape index (κ1) is 12.2. The first-order valence-electron chi connectivity index (χ1n) is 6.10. The van der Waals surface area contributed by atoms with Gasteiger partial charge in [-0.25, -0.2) is 0 Å². The maximum Gasteiger partial charge on any atom is 0.0424 e. The van der Waals surface area contributed by atoms with Crippen LogP contribution in [0.4, 0.5) is 0 Å². The predicted molar refractivity (Wildman–Crippen MR) is 66.9 cm³/mol. The van der Waals surface area contributed by atoms with Gasteiger partial charge in [0, 0.05) is 17.4 Å². The molecule has 1 N–H and O–H groups in total. The van der Waals surface area contributed by atoms with Crippen LogP contribution in [-0.2, 0) is 0 Å². The van der Waals surface area contributed by atoms with E-state index >= 15 is 0 Å². The molecule has 0 spiro atoms. The van der Waals surface area contributed by atoms with E-state index in [1.165, 1.54) is 37.1 Å². The number of nitrogens with zero attached hydrogens (tertiary/aromatic N) is 1. The summed E-state index contributed by atoms with van der Waals surface area (Å²) in [5, 5.41) is 0. The van der Waals surface area contributed by atoms with Gasteiger partial charge in [-0.05, 0) is 38.8 Å². The van der Waals surface area contributed by atoms with Gasteiger partial charge < -0.3 is 5.43 Å². The van der Waals surface area contributed by atoms with Crippen LogP contribution in [0.5, 0.6) is 0 Å². The van der Waals surface area contributed by atoms with E-state index in [0.717, 1.165) is 0 Å². The van der Waals surface area contributed by atoms with Crippen molar-refractivity contribution < 1.29 is 0 Å². The van der Waals surface area contributed by atoms with Crippen molar-refractivity contribution in [3.63, 3.8) is 0 Å². The summed E-state index contributed by atoms with van der Waals surface area (Å²) in [6.45, 7) is 8.79. The van der Waals surface area contributed by atoms with Gasteiger partial charge in [0.05, 0.1) is 0 Å². The number of aromatic nitrogens is 1. The molecule has 1 heterocycles. The molecule has 2 nitrogen and oxygen atoms in total. The predicted octanol–water partition coefficient (Wildman–Crippen LogP) is 3.62. The van der Waals surface area contributed by atoms with Gasteiger partial charge in [-0.3, -0.25) is 4.68 Å². The van der Waals surface area contributed by atoms with E-state index < -0.39 is 0 Å². The lowest BCUT2D eigenvalue weighted by molar-refractivity contribution is 0.533. The molecule has 1 aromatic rings. The number of aryl methyl sites for hydroxylation is 2. The second-order valence-electron chi connectivity index (χ2n) is 4.35. The number of hydrogen-bond donors (Lipinski definition) is 1. The summed E-state index contributed by atoms with van der Waals surface area (Å²) in [6, 6.07) is 4.94. The zero-order valence-electron chi connectivity index (χ0n) is 10.5.